The molecule has 1 N–H and O–H groups in total. The third-order valence-electron chi connectivity index (χ3n) is 3.84. The van der Waals surface area contributed by atoms with E-state index in [1.807, 2.05) is 36.7 Å². The van der Waals surface area contributed by atoms with Crippen molar-refractivity contribution in [1.29, 1.82) is 0 Å². The number of hydrogen-bond donors (Lipinski definition) is 1. The van der Waals surface area contributed by atoms with Crippen LogP contribution in [0.15, 0.2) is 48.8 Å². The van der Waals surface area contributed by atoms with Crippen LogP contribution in [-0.4, -0.2) is 45.8 Å². The summed E-state index contributed by atoms with van der Waals surface area (Å²) < 4.78 is 24.9. The molecule has 1 aliphatic heterocycles. The van der Waals surface area contributed by atoms with Gasteiger partial charge < -0.3 is 9.80 Å². The maximum absolute atomic E-state index is 11.2. The summed E-state index contributed by atoms with van der Waals surface area (Å²) in [5.74, 6) is 0. The zero-order valence-electron chi connectivity index (χ0n) is 13.0. The number of aromatic nitrogens is 1. The lowest BCUT2D eigenvalue weighted by Crippen LogP contribution is -2.46. The third-order valence-corrected chi connectivity index (χ3v) is 4.45. The van der Waals surface area contributed by atoms with Crippen LogP contribution < -0.4 is 14.5 Å². The Hall–Kier alpha value is -2.28. The van der Waals surface area contributed by atoms with E-state index in [1.54, 1.807) is 12.1 Å². The van der Waals surface area contributed by atoms with Gasteiger partial charge in [-0.15, -0.1) is 0 Å². The molecule has 0 unspecified atom stereocenters. The van der Waals surface area contributed by atoms with E-state index in [2.05, 4.69) is 19.5 Å². The molecule has 0 saturated carbocycles. The van der Waals surface area contributed by atoms with Crippen LogP contribution in [0.5, 0.6) is 0 Å². The fourth-order valence-corrected chi connectivity index (χ4v) is 3.30. The van der Waals surface area contributed by atoms with Crippen molar-refractivity contribution in [2.45, 2.75) is 0 Å². The van der Waals surface area contributed by atoms with E-state index in [0.29, 0.717) is 5.69 Å². The standard InChI is InChI=1S/C16H20N4O2S/c1-23(21,22)18-14-2-4-15(5-3-14)19-10-12-20(13-11-19)16-6-8-17-9-7-16/h2-9,18H,10-13H2,1H3. The highest BCUT2D eigenvalue weighted by molar-refractivity contribution is 7.92. The summed E-state index contributed by atoms with van der Waals surface area (Å²) >= 11 is 0. The number of piperazine rings is 1. The topological polar surface area (TPSA) is 65.5 Å². The van der Waals surface area contributed by atoms with Crippen molar-refractivity contribution in [1.82, 2.24) is 4.98 Å². The van der Waals surface area contributed by atoms with Crippen LogP contribution in [0.1, 0.15) is 0 Å². The van der Waals surface area contributed by atoms with E-state index in [0.717, 1.165) is 38.1 Å². The molecule has 1 fully saturated rings. The SMILES string of the molecule is CS(=O)(=O)Nc1ccc(N2CCN(c3ccncc3)CC2)cc1. The van der Waals surface area contributed by atoms with Gasteiger partial charge in [-0.2, -0.15) is 0 Å². The summed E-state index contributed by atoms with van der Waals surface area (Å²) in [5, 5.41) is 0. The zero-order chi connectivity index (χ0) is 16.3. The first-order valence-corrected chi connectivity index (χ1v) is 9.38. The Balaban J connectivity index is 1.61. The summed E-state index contributed by atoms with van der Waals surface area (Å²) in [5.41, 5.74) is 2.90. The minimum atomic E-state index is -3.23. The number of rotatable bonds is 4. The van der Waals surface area contributed by atoms with Crippen LogP contribution in [0.25, 0.3) is 0 Å². The summed E-state index contributed by atoms with van der Waals surface area (Å²) in [7, 11) is -3.23. The van der Waals surface area contributed by atoms with E-state index >= 15 is 0 Å². The van der Waals surface area contributed by atoms with Gasteiger partial charge in [-0.05, 0) is 36.4 Å². The molecule has 23 heavy (non-hydrogen) atoms. The number of pyridine rings is 1. The first-order chi connectivity index (χ1) is 11.0. The molecular weight excluding hydrogens is 312 g/mol. The second-order valence-electron chi connectivity index (χ2n) is 5.60. The molecule has 0 spiro atoms. The molecule has 6 nitrogen and oxygen atoms in total. The van der Waals surface area contributed by atoms with Crippen molar-refractivity contribution in [2.24, 2.45) is 0 Å². The van der Waals surface area contributed by atoms with Crippen LogP contribution in [0.3, 0.4) is 0 Å². The van der Waals surface area contributed by atoms with Crippen molar-refractivity contribution in [3.05, 3.63) is 48.8 Å². The average Bonchev–Trinajstić information content (AvgIpc) is 2.55. The Kier molecular flexibility index (Phi) is 4.38. The van der Waals surface area contributed by atoms with Crippen molar-refractivity contribution >= 4 is 27.1 Å². The van der Waals surface area contributed by atoms with Crippen molar-refractivity contribution in [2.75, 3.05) is 47.0 Å². The number of hydrogen-bond acceptors (Lipinski definition) is 5. The van der Waals surface area contributed by atoms with Gasteiger partial charge in [0.2, 0.25) is 10.0 Å². The maximum atomic E-state index is 11.2. The highest BCUT2D eigenvalue weighted by Crippen LogP contribution is 2.22. The Morgan fingerprint density at radius 1 is 0.870 bits per heavy atom. The molecule has 7 heteroatoms. The predicted octanol–water partition coefficient (Wildman–Crippen LogP) is 1.78. The average molecular weight is 332 g/mol. The number of sulfonamides is 1. The molecule has 1 saturated heterocycles. The van der Waals surface area contributed by atoms with Gasteiger partial charge in [0.05, 0.1) is 6.26 Å². The monoisotopic (exact) mass is 332 g/mol. The van der Waals surface area contributed by atoms with Crippen LogP contribution in [0.4, 0.5) is 17.1 Å². The number of nitrogens with one attached hydrogen (secondary N) is 1. The maximum Gasteiger partial charge on any atom is 0.229 e. The highest BCUT2D eigenvalue weighted by atomic mass is 32.2. The lowest BCUT2D eigenvalue weighted by atomic mass is 10.2. The summed E-state index contributed by atoms with van der Waals surface area (Å²) in [6.07, 6.45) is 4.78. The van der Waals surface area contributed by atoms with Gasteiger partial charge in [0.1, 0.15) is 0 Å². The fourth-order valence-electron chi connectivity index (χ4n) is 2.73. The lowest BCUT2D eigenvalue weighted by molar-refractivity contribution is 0.607. The largest absolute Gasteiger partial charge is 0.368 e. The third kappa shape index (κ3) is 4.13. The van der Waals surface area contributed by atoms with E-state index in [4.69, 9.17) is 0 Å². The van der Waals surface area contributed by atoms with Crippen LogP contribution in [0, 0.1) is 0 Å². The minimum absolute atomic E-state index is 0.590. The minimum Gasteiger partial charge on any atom is -0.368 e. The predicted molar refractivity (Wildman–Crippen MR) is 93.6 cm³/mol. The van der Waals surface area contributed by atoms with Crippen LogP contribution in [-0.2, 0) is 10.0 Å². The van der Waals surface area contributed by atoms with E-state index in [-0.39, 0.29) is 0 Å². The molecular formula is C16H20N4O2S. The Morgan fingerprint density at radius 2 is 1.35 bits per heavy atom. The molecule has 122 valence electrons. The summed E-state index contributed by atoms with van der Waals surface area (Å²) in [6, 6.07) is 11.6. The van der Waals surface area contributed by atoms with Gasteiger partial charge in [-0.3, -0.25) is 9.71 Å². The quantitative estimate of drug-likeness (QED) is 0.924. The normalized spacial score (nSPS) is 15.5. The van der Waals surface area contributed by atoms with Crippen molar-refractivity contribution in [3.63, 3.8) is 0 Å². The highest BCUT2D eigenvalue weighted by Gasteiger charge is 2.17. The Morgan fingerprint density at radius 3 is 1.83 bits per heavy atom. The van der Waals surface area contributed by atoms with Crippen molar-refractivity contribution in [3.8, 4) is 0 Å². The number of benzene rings is 1. The molecule has 2 heterocycles. The molecule has 3 rings (SSSR count). The molecule has 2 aromatic rings. The van der Waals surface area contributed by atoms with Gasteiger partial charge in [-0.25, -0.2) is 8.42 Å². The molecule has 0 radical (unpaired) electrons. The van der Waals surface area contributed by atoms with Gasteiger partial charge >= 0.3 is 0 Å². The molecule has 1 aromatic carbocycles. The van der Waals surface area contributed by atoms with E-state index in [9.17, 15) is 8.42 Å². The molecule has 1 aliphatic rings. The van der Waals surface area contributed by atoms with Gasteiger partial charge in [0.15, 0.2) is 0 Å². The molecule has 0 amide bonds. The fraction of sp³-hybridized carbons (Fsp3) is 0.312. The number of nitrogens with zero attached hydrogens (tertiary/aromatic N) is 3. The van der Waals surface area contributed by atoms with Gasteiger partial charge in [-0.1, -0.05) is 0 Å². The van der Waals surface area contributed by atoms with Crippen LogP contribution in [0.2, 0.25) is 0 Å². The molecule has 0 bridgehead atoms. The van der Waals surface area contributed by atoms with Gasteiger partial charge in [0.25, 0.3) is 0 Å². The van der Waals surface area contributed by atoms with E-state index < -0.39 is 10.0 Å². The van der Waals surface area contributed by atoms with E-state index in [1.165, 1.54) is 5.69 Å². The first-order valence-electron chi connectivity index (χ1n) is 7.49. The van der Waals surface area contributed by atoms with Crippen molar-refractivity contribution < 1.29 is 8.42 Å². The second kappa shape index (κ2) is 6.45. The Labute approximate surface area is 136 Å². The van der Waals surface area contributed by atoms with Crippen LogP contribution >= 0.6 is 0 Å². The summed E-state index contributed by atoms with van der Waals surface area (Å²) in [6.45, 7) is 3.77. The Bertz CT molecular complexity index is 739. The second-order valence-corrected chi connectivity index (χ2v) is 7.35. The zero-order valence-corrected chi connectivity index (χ0v) is 13.8. The smallest absolute Gasteiger partial charge is 0.229 e. The lowest BCUT2D eigenvalue weighted by Gasteiger charge is -2.37. The van der Waals surface area contributed by atoms with Gasteiger partial charge in [0, 0.05) is 55.6 Å². The number of anilines is 3. The molecule has 1 aromatic heterocycles. The summed E-state index contributed by atoms with van der Waals surface area (Å²) in [4.78, 5) is 8.70. The first kappa shape index (κ1) is 15.6. The molecule has 0 atom stereocenters. The molecule has 0 aliphatic carbocycles.